The van der Waals surface area contributed by atoms with Gasteiger partial charge in [-0.3, -0.25) is 4.21 Å². The number of furan rings is 1. The third-order valence-electron chi connectivity index (χ3n) is 4.12. The normalized spacial score (nSPS) is 18.6. The minimum atomic E-state index is -0.956. The summed E-state index contributed by atoms with van der Waals surface area (Å²) in [4.78, 5) is 0.913. The van der Waals surface area contributed by atoms with Gasteiger partial charge in [-0.15, -0.1) is 0 Å². The Hall–Kier alpha value is -0.610. The lowest BCUT2D eigenvalue weighted by Crippen LogP contribution is -2.19. The number of fused-ring (bicyclic) bond motifs is 1. The van der Waals surface area contributed by atoms with Gasteiger partial charge in [-0.05, 0) is 44.4 Å². The third kappa shape index (κ3) is 2.48. The molecular formula is C16H19BrO2S. The zero-order valence-corrected chi connectivity index (χ0v) is 14.3. The second kappa shape index (κ2) is 5.64. The first-order valence-corrected chi connectivity index (χ1v) is 9.18. The van der Waals surface area contributed by atoms with Crippen LogP contribution >= 0.6 is 15.9 Å². The Morgan fingerprint density at radius 3 is 2.60 bits per heavy atom. The highest BCUT2D eigenvalue weighted by molar-refractivity contribution is 9.10. The van der Waals surface area contributed by atoms with Crippen LogP contribution in [0.2, 0.25) is 0 Å². The van der Waals surface area contributed by atoms with Gasteiger partial charge in [-0.2, -0.15) is 0 Å². The average molecular weight is 355 g/mol. The Bertz CT molecular complexity index is 669. The molecule has 0 N–H and O–H groups in total. The van der Waals surface area contributed by atoms with Gasteiger partial charge in [0.05, 0.1) is 15.7 Å². The lowest BCUT2D eigenvalue weighted by molar-refractivity contribution is 0.503. The molecule has 0 radical (unpaired) electrons. The summed E-state index contributed by atoms with van der Waals surface area (Å²) in [7, 11) is -0.956. The molecule has 1 aromatic carbocycles. The maximum atomic E-state index is 13.0. The van der Waals surface area contributed by atoms with Crippen LogP contribution < -0.4 is 0 Å². The van der Waals surface area contributed by atoms with E-state index in [2.05, 4.69) is 15.9 Å². The summed E-state index contributed by atoms with van der Waals surface area (Å²) in [5, 5.41) is 1.31. The van der Waals surface area contributed by atoms with E-state index in [-0.39, 0.29) is 0 Å². The van der Waals surface area contributed by atoms with Crippen molar-refractivity contribution in [2.24, 2.45) is 0 Å². The zero-order chi connectivity index (χ0) is 14.3. The fourth-order valence-corrected chi connectivity index (χ4v) is 5.48. The summed E-state index contributed by atoms with van der Waals surface area (Å²) >= 11 is 3.53. The van der Waals surface area contributed by atoms with E-state index < -0.39 is 10.8 Å². The number of hydrogen-bond donors (Lipinski definition) is 0. The fourth-order valence-electron chi connectivity index (χ4n) is 3.12. The smallest absolute Gasteiger partial charge is 0.138 e. The van der Waals surface area contributed by atoms with Crippen molar-refractivity contribution in [1.29, 1.82) is 0 Å². The molecule has 1 fully saturated rings. The molecule has 2 nitrogen and oxygen atoms in total. The first-order chi connectivity index (χ1) is 9.58. The van der Waals surface area contributed by atoms with E-state index in [1.165, 1.54) is 19.3 Å². The van der Waals surface area contributed by atoms with Crippen molar-refractivity contribution in [2.45, 2.75) is 56.1 Å². The minimum absolute atomic E-state index is 0.294. The SMILES string of the molecule is Cc1oc2c(C)cc(Br)cc2c1[S@@](=O)C1CCCCC1. The van der Waals surface area contributed by atoms with Crippen molar-refractivity contribution in [3.63, 3.8) is 0 Å². The van der Waals surface area contributed by atoms with E-state index in [0.717, 1.165) is 44.5 Å². The van der Waals surface area contributed by atoms with Gasteiger partial charge in [-0.25, -0.2) is 0 Å². The van der Waals surface area contributed by atoms with Crippen molar-refractivity contribution in [3.05, 3.63) is 27.9 Å². The predicted molar refractivity (Wildman–Crippen MR) is 86.7 cm³/mol. The summed E-state index contributed by atoms with van der Waals surface area (Å²) in [6, 6.07) is 4.08. The molecule has 1 aromatic heterocycles. The predicted octanol–water partition coefficient (Wildman–Crippen LogP) is 5.25. The van der Waals surface area contributed by atoms with Crippen molar-refractivity contribution >= 4 is 37.7 Å². The summed E-state index contributed by atoms with van der Waals surface area (Å²) in [6.07, 6.45) is 5.84. The molecule has 0 amide bonds. The summed E-state index contributed by atoms with van der Waals surface area (Å²) in [6.45, 7) is 3.97. The van der Waals surface area contributed by atoms with Gasteiger partial charge in [-0.1, -0.05) is 35.2 Å². The van der Waals surface area contributed by atoms with Crippen LogP contribution in [0.1, 0.15) is 43.4 Å². The van der Waals surface area contributed by atoms with Crippen LogP contribution in [-0.2, 0) is 10.8 Å². The topological polar surface area (TPSA) is 30.2 Å². The average Bonchev–Trinajstić information content (AvgIpc) is 2.76. The Labute approximate surface area is 130 Å². The number of benzene rings is 1. The molecule has 1 saturated carbocycles. The second-order valence-corrected chi connectivity index (χ2v) is 8.23. The summed E-state index contributed by atoms with van der Waals surface area (Å²) in [5.41, 5.74) is 1.97. The Morgan fingerprint density at radius 2 is 1.90 bits per heavy atom. The lowest BCUT2D eigenvalue weighted by atomic mass is 10.0. The molecule has 1 atom stereocenters. The number of rotatable bonds is 2. The van der Waals surface area contributed by atoms with E-state index in [1.807, 2.05) is 26.0 Å². The van der Waals surface area contributed by atoms with E-state index >= 15 is 0 Å². The monoisotopic (exact) mass is 354 g/mol. The molecule has 2 aromatic rings. The molecule has 3 rings (SSSR count). The Morgan fingerprint density at radius 1 is 1.20 bits per heavy atom. The summed E-state index contributed by atoms with van der Waals surface area (Å²) in [5.74, 6) is 0.810. The molecule has 0 bridgehead atoms. The van der Waals surface area contributed by atoms with Crippen molar-refractivity contribution in [2.75, 3.05) is 0 Å². The highest BCUT2D eigenvalue weighted by Crippen LogP contribution is 2.36. The molecular weight excluding hydrogens is 336 g/mol. The van der Waals surface area contributed by atoms with Crippen LogP contribution in [0.25, 0.3) is 11.0 Å². The third-order valence-corrected chi connectivity index (χ3v) is 6.56. The molecule has 1 aliphatic rings. The Balaban J connectivity index is 2.10. The molecule has 0 aliphatic heterocycles. The molecule has 0 saturated heterocycles. The lowest BCUT2D eigenvalue weighted by Gasteiger charge is -2.20. The molecule has 4 heteroatoms. The first kappa shape index (κ1) is 14.3. The van der Waals surface area contributed by atoms with E-state index in [9.17, 15) is 4.21 Å². The van der Waals surface area contributed by atoms with Gasteiger partial charge >= 0.3 is 0 Å². The van der Waals surface area contributed by atoms with Crippen LogP contribution in [0, 0.1) is 13.8 Å². The second-order valence-electron chi connectivity index (χ2n) is 5.64. The van der Waals surface area contributed by atoms with Gasteiger partial charge in [0.2, 0.25) is 0 Å². The van der Waals surface area contributed by atoms with Gasteiger partial charge in [0.25, 0.3) is 0 Å². The maximum Gasteiger partial charge on any atom is 0.138 e. The molecule has 20 heavy (non-hydrogen) atoms. The number of halogens is 1. The van der Waals surface area contributed by atoms with Crippen LogP contribution in [0.15, 0.2) is 25.9 Å². The van der Waals surface area contributed by atoms with Crippen LogP contribution in [-0.4, -0.2) is 9.46 Å². The highest BCUT2D eigenvalue weighted by atomic mass is 79.9. The highest BCUT2D eigenvalue weighted by Gasteiger charge is 2.26. The number of aryl methyl sites for hydroxylation is 2. The molecule has 108 valence electrons. The minimum Gasteiger partial charge on any atom is -0.460 e. The molecule has 1 heterocycles. The quantitative estimate of drug-likeness (QED) is 0.736. The van der Waals surface area contributed by atoms with Crippen LogP contribution in [0.3, 0.4) is 0 Å². The van der Waals surface area contributed by atoms with E-state index in [4.69, 9.17) is 4.42 Å². The molecule has 1 aliphatic carbocycles. The zero-order valence-electron chi connectivity index (χ0n) is 11.9. The van der Waals surface area contributed by atoms with Crippen LogP contribution in [0.5, 0.6) is 0 Å². The largest absolute Gasteiger partial charge is 0.460 e. The van der Waals surface area contributed by atoms with Crippen molar-refractivity contribution in [1.82, 2.24) is 0 Å². The number of hydrogen-bond acceptors (Lipinski definition) is 2. The van der Waals surface area contributed by atoms with Gasteiger partial charge in [0.15, 0.2) is 0 Å². The Kier molecular flexibility index (Phi) is 4.04. The molecule has 0 spiro atoms. The van der Waals surface area contributed by atoms with Gasteiger partial charge in [0.1, 0.15) is 11.3 Å². The maximum absolute atomic E-state index is 13.0. The van der Waals surface area contributed by atoms with Crippen molar-refractivity contribution < 1.29 is 8.63 Å². The van der Waals surface area contributed by atoms with Crippen LogP contribution in [0.4, 0.5) is 0 Å². The summed E-state index contributed by atoms with van der Waals surface area (Å²) < 4.78 is 19.9. The van der Waals surface area contributed by atoms with Gasteiger partial charge in [0, 0.05) is 15.1 Å². The van der Waals surface area contributed by atoms with Gasteiger partial charge < -0.3 is 4.42 Å². The standard InChI is InChI=1S/C16H19BrO2S/c1-10-8-12(17)9-14-15(10)19-11(2)16(14)20(18)13-6-4-3-5-7-13/h8-9,13H,3-7H2,1-2H3/t20-/m0/s1. The first-order valence-electron chi connectivity index (χ1n) is 7.17. The van der Waals surface area contributed by atoms with E-state index in [1.54, 1.807) is 0 Å². The van der Waals surface area contributed by atoms with Crippen molar-refractivity contribution in [3.8, 4) is 0 Å². The molecule has 0 unspecified atom stereocenters. The fraction of sp³-hybridized carbons (Fsp3) is 0.500. The van der Waals surface area contributed by atoms with E-state index in [0.29, 0.717) is 5.25 Å².